The second kappa shape index (κ2) is 8.00. The van der Waals surface area contributed by atoms with Crippen LogP contribution in [-0.4, -0.2) is 40.8 Å². The molecule has 4 aromatic rings. The van der Waals surface area contributed by atoms with Crippen molar-refractivity contribution >= 4 is 10.9 Å². The van der Waals surface area contributed by atoms with Gasteiger partial charge in [-0.3, -0.25) is 4.90 Å². The molecule has 2 aliphatic rings. The molecule has 1 aromatic heterocycles. The standard InChI is InChI=1S/C30H32N2O2/c1-21-8-6-13-25-26-17-30(33)20-32(19-22-9-4-3-5-10-22)15-14-29(30,18-27(26)31-28(21)25)23-11-7-12-24(16-23)34-2/h3-13,16,31,33H,14-15,17-20H2,1-2H3/t29-,30-/m0/s1. The number of aromatic nitrogens is 1. The van der Waals surface area contributed by atoms with Gasteiger partial charge < -0.3 is 14.8 Å². The predicted octanol–water partition coefficient (Wildman–Crippen LogP) is 5.16. The highest BCUT2D eigenvalue weighted by Crippen LogP contribution is 2.52. The topological polar surface area (TPSA) is 48.5 Å². The zero-order valence-corrected chi connectivity index (χ0v) is 20.0. The fraction of sp³-hybridized carbons (Fsp3) is 0.333. The molecule has 34 heavy (non-hydrogen) atoms. The van der Waals surface area contributed by atoms with Crippen LogP contribution in [-0.2, 0) is 24.8 Å². The van der Waals surface area contributed by atoms with Crippen molar-refractivity contribution in [3.63, 3.8) is 0 Å². The zero-order chi connectivity index (χ0) is 23.3. The summed E-state index contributed by atoms with van der Waals surface area (Å²) < 4.78 is 5.59. The molecular formula is C30H32N2O2. The summed E-state index contributed by atoms with van der Waals surface area (Å²) >= 11 is 0. The largest absolute Gasteiger partial charge is 0.497 e. The Hall–Kier alpha value is -3.08. The van der Waals surface area contributed by atoms with Gasteiger partial charge in [0, 0.05) is 47.9 Å². The number of hydrogen-bond acceptors (Lipinski definition) is 3. The number of aryl methyl sites for hydroxylation is 1. The van der Waals surface area contributed by atoms with Crippen LogP contribution in [0.3, 0.4) is 0 Å². The van der Waals surface area contributed by atoms with E-state index in [0.717, 1.165) is 31.7 Å². The Morgan fingerprint density at radius 1 is 1.00 bits per heavy atom. The molecule has 0 amide bonds. The molecule has 2 N–H and O–H groups in total. The fourth-order valence-corrected chi connectivity index (χ4v) is 6.49. The number of methoxy groups -OCH3 is 1. The molecule has 4 heteroatoms. The van der Waals surface area contributed by atoms with E-state index in [-0.39, 0.29) is 5.41 Å². The van der Waals surface area contributed by atoms with E-state index in [0.29, 0.717) is 13.0 Å². The number of rotatable bonds is 4. The summed E-state index contributed by atoms with van der Waals surface area (Å²) in [5, 5.41) is 13.9. The minimum atomic E-state index is -0.877. The van der Waals surface area contributed by atoms with Crippen LogP contribution in [0.15, 0.2) is 72.8 Å². The molecule has 1 aliphatic carbocycles. The molecule has 174 valence electrons. The lowest BCUT2D eigenvalue weighted by molar-refractivity contribution is -0.105. The molecule has 0 spiro atoms. The number of β-amino-alcohol motifs (C(OH)–C–C–N with tert-alkyl or cyclic N) is 1. The van der Waals surface area contributed by atoms with Gasteiger partial charge in [-0.2, -0.15) is 0 Å². The summed E-state index contributed by atoms with van der Waals surface area (Å²) in [6, 6.07) is 25.4. The lowest BCUT2D eigenvalue weighted by Crippen LogP contribution is -2.66. The van der Waals surface area contributed by atoms with Gasteiger partial charge in [0.25, 0.3) is 0 Å². The highest BCUT2D eigenvalue weighted by Gasteiger charge is 2.57. The summed E-state index contributed by atoms with van der Waals surface area (Å²) in [7, 11) is 1.71. The third-order valence-electron chi connectivity index (χ3n) is 8.29. The Morgan fingerprint density at radius 2 is 1.82 bits per heavy atom. The van der Waals surface area contributed by atoms with Crippen LogP contribution in [0.5, 0.6) is 5.75 Å². The van der Waals surface area contributed by atoms with E-state index < -0.39 is 5.60 Å². The Kier molecular flexibility index (Phi) is 5.05. The quantitative estimate of drug-likeness (QED) is 0.450. The number of ether oxygens (including phenoxy) is 1. The van der Waals surface area contributed by atoms with E-state index in [9.17, 15) is 5.11 Å². The molecular weight excluding hydrogens is 420 g/mol. The molecule has 1 saturated heterocycles. The maximum Gasteiger partial charge on any atom is 0.119 e. The molecule has 0 saturated carbocycles. The Bertz CT molecular complexity index is 1340. The number of piperidine rings is 1. The van der Waals surface area contributed by atoms with Crippen molar-refractivity contribution in [2.45, 2.75) is 43.7 Å². The van der Waals surface area contributed by atoms with Crippen LogP contribution >= 0.6 is 0 Å². The van der Waals surface area contributed by atoms with Crippen molar-refractivity contribution < 1.29 is 9.84 Å². The van der Waals surface area contributed by atoms with Crippen molar-refractivity contribution in [2.24, 2.45) is 0 Å². The normalized spacial score (nSPS) is 24.6. The van der Waals surface area contributed by atoms with Crippen molar-refractivity contribution in [1.29, 1.82) is 0 Å². The van der Waals surface area contributed by atoms with Crippen molar-refractivity contribution in [3.8, 4) is 5.75 Å². The first-order valence-electron chi connectivity index (χ1n) is 12.2. The maximum absolute atomic E-state index is 12.6. The summed E-state index contributed by atoms with van der Waals surface area (Å²) in [5.74, 6) is 0.847. The van der Waals surface area contributed by atoms with Crippen LogP contribution in [0.4, 0.5) is 0 Å². The minimum Gasteiger partial charge on any atom is -0.497 e. The number of hydrogen-bond donors (Lipinski definition) is 2. The van der Waals surface area contributed by atoms with Crippen LogP contribution < -0.4 is 4.74 Å². The average molecular weight is 453 g/mol. The van der Waals surface area contributed by atoms with E-state index in [1.54, 1.807) is 7.11 Å². The lowest BCUT2D eigenvalue weighted by Gasteiger charge is -2.56. The van der Waals surface area contributed by atoms with Crippen molar-refractivity contribution in [3.05, 3.63) is 101 Å². The molecule has 6 rings (SSSR count). The van der Waals surface area contributed by atoms with E-state index in [2.05, 4.69) is 83.5 Å². The molecule has 1 fully saturated rings. The minimum absolute atomic E-state index is 0.365. The molecule has 1 aliphatic heterocycles. The van der Waals surface area contributed by atoms with Gasteiger partial charge in [0.1, 0.15) is 5.75 Å². The number of nitrogens with zero attached hydrogens (tertiary/aromatic N) is 1. The number of fused-ring (bicyclic) bond motifs is 4. The lowest BCUT2D eigenvalue weighted by atomic mass is 9.56. The summed E-state index contributed by atoms with van der Waals surface area (Å²) in [4.78, 5) is 6.18. The van der Waals surface area contributed by atoms with Gasteiger partial charge in [0.05, 0.1) is 12.7 Å². The molecule has 0 radical (unpaired) electrons. The molecule has 4 nitrogen and oxygen atoms in total. The monoisotopic (exact) mass is 452 g/mol. The highest BCUT2D eigenvalue weighted by molar-refractivity contribution is 5.88. The number of nitrogens with one attached hydrogen (secondary N) is 1. The van der Waals surface area contributed by atoms with Gasteiger partial charge >= 0.3 is 0 Å². The first kappa shape index (κ1) is 21.5. The van der Waals surface area contributed by atoms with Gasteiger partial charge in [-0.1, -0.05) is 60.7 Å². The van der Waals surface area contributed by atoms with Crippen LogP contribution in [0.2, 0.25) is 0 Å². The molecule has 2 heterocycles. The van der Waals surface area contributed by atoms with Crippen LogP contribution in [0.1, 0.15) is 34.4 Å². The van der Waals surface area contributed by atoms with E-state index in [4.69, 9.17) is 4.74 Å². The first-order chi connectivity index (χ1) is 16.5. The first-order valence-corrected chi connectivity index (χ1v) is 12.2. The van der Waals surface area contributed by atoms with Crippen LogP contribution in [0, 0.1) is 6.92 Å². The van der Waals surface area contributed by atoms with Crippen LogP contribution in [0.25, 0.3) is 10.9 Å². The Labute approximate surface area is 201 Å². The van der Waals surface area contributed by atoms with Gasteiger partial charge in [-0.25, -0.2) is 0 Å². The van der Waals surface area contributed by atoms with E-state index in [1.807, 2.05) is 6.07 Å². The average Bonchev–Trinajstić information content (AvgIpc) is 3.20. The fourth-order valence-electron chi connectivity index (χ4n) is 6.49. The number of likely N-dealkylation sites (tertiary alicyclic amines) is 1. The van der Waals surface area contributed by atoms with Crippen molar-refractivity contribution in [1.82, 2.24) is 9.88 Å². The number of benzene rings is 3. The third kappa shape index (κ3) is 3.28. The van der Waals surface area contributed by atoms with E-state index in [1.165, 1.54) is 38.9 Å². The molecule has 3 aromatic carbocycles. The number of aromatic amines is 1. The number of aliphatic hydroxyl groups is 1. The second-order valence-electron chi connectivity index (χ2n) is 10.2. The highest BCUT2D eigenvalue weighted by atomic mass is 16.5. The SMILES string of the molecule is COc1cccc([C@@]23CCN(Cc4ccccc4)C[C@@]2(O)Cc2c([nH]c4c(C)cccc24)C3)c1. The van der Waals surface area contributed by atoms with Gasteiger partial charge in [0.15, 0.2) is 0 Å². The molecule has 0 bridgehead atoms. The number of para-hydroxylation sites is 1. The van der Waals surface area contributed by atoms with Gasteiger partial charge in [-0.15, -0.1) is 0 Å². The Morgan fingerprint density at radius 3 is 2.65 bits per heavy atom. The van der Waals surface area contributed by atoms with Gasteiger partial charge in [0.2, 0.25) is 0 Å². The van der Waals surface area contributed by atoms with Crippen molar-refractivity contribution in [2.75, 3.05) is 20.2 Å². The summed E-state index contributed by atoms with van der Waals surface area (Å²) in [6.45, 7) is 4.61. The van der Waals surface area contributed by atoms with E-state index >= 15 is 0 Å². The smallest absolute Gasteiger partial charge is 0.119 e. The Balaban J connectivity index is 1.47. The molecule has 0 unspecified atom stereocenters. The summed E-state index contributed by atoms with van der Waals surface area (Å²) in [6.07, 6.45) is 2.35. The maximum atomic E-state index is 12.6. The predicted molar refractivity (Wildman–Crippen MR) is 136 cm³/mol. The second-order valence-corrected chi connectivity index (χ2v) is 10.2. The third-order valence-corrected chi connectivity index (χ3v) is 8.29. The number of H-pyrrole nitrogens is 1. The van der Waals surface area contributed by atoms with Gasteiger partial charge in [-0.05, 0) is 54.3 Å². The summed E-state index contributed by atoms with van der Waals surface area (Å²) in [5.41, 5.74) is 6.23. The zero-order valence-electron chi connectivity index (χ0n) is 20.0. The molecule has 2 atom stereocenters.